The molecule has 3 aliphatic rings. The zero-order chi connectivity index (χ0) is 46.8. The fraction of sp³-hybridized carbons (Fsp3) is 0.134. The minimum Gasteiger partial charge on any atom is -0.316 e. The number of nitrogens with zero attached hydrogens (tertiary/aromatic N) is 2. The first-order valence-electron chi connectivity index (χ1n) is 24.5. The van der Waals surface area contributed by atoms with Crippen LogP contribution in [0, 0.1) is 0 Å². The van der Waals surface area contributed by atoms with Crippen LogP contribution in [0.15, 0.2) is 219 Å². The Morgan fingerprint density at radius 1 is 0.333 bits per heavy atom. The first kappa shape index (κ1) is 41.3. The SMILES string of the molecule is CC1(C)C(c2ccc3c(ccc4cc(-c5ccc(N(c6ccc(-c7ccccc7)cc6)c6ccc7c(c6)C(C)(C)c6ccccc6-7)cc5)ccc43)c2)=CN2c3ccccc3C(C)(C)c3cccc1c32. The van der Waals surface area contributed by atoms with Gasteiger partial charge >= 0.3 is 0 Å². The summed E-state index contributed by atoms with van der Waals surface area (Å²) < 4.78 is 0. The molecule has 0 atom stereocenters. The first-order valence-corrected chi connectivity index (χ1v) is 24.5. The highest BCUT2D eigenvalue weighted by Gasteiger charge is 2.43. The minimum atomic E-state index is -0.187. The molecule has 10 aromatic rings. The molecule has 69 heavy (non-hydrogen) atoms. The molecular formula is C67H54N2. The molecule has 0 saturated heterocycles. The number of hydrogen-bond acceptors (Lipinski definition) is 2. The Labute approximate surface area is 406 Å². The minimum absolute atomic E-state index is 0.0834. The summed E-state index contributed by atoms with van der Waals surface area (Å²) in [5.74, 6) is 0. The Kier molecular flexibility index (Phi) is 8.99. The smallest absolute Gasteiger partial charge is 0.0537 e. The summed E-state index contributed by atoms with van der Waals surface area (Å²) in [6, 6.07) is 79.2. The summed E-state index contributed by atoms with van der Waals surface area (Å²) in [6.07, 6.45) is 2.42. The van der Waals surface area contributed by atoms with Crippen molar-refractivity contribution >= 4 is 55.6 Å². The second kappa shape index (κ2) is 15.0. The maximum Gasteiger partial charge on any atom is 0.0537 e. The van der Waals surface area contributed by atoms with E-state index in [0.29, 0.717) is 0 Å². The second-order valence-electron chi connectivity index (χ2n) is 21.0. The molecular weight excluding hydrogens is 833 g/mol. The van der Waals surface area contributed by atoms with E-state index in [2.05, 4.69) is 270 Å². The molecule has 0 amide bonds. The molecule has 2 aliphatic heterocycles. The summed E-state index contributed by atoms with van der Waals surface area (Å²) in [5, 5.41) is 5.04. The topological polar surface area (TPSA) is 6.48 Å². The van der Waals surface area contributed by atoms with E-state index in [1.807, 2.05) is 0 Å². The van der Waals surface area contributed by atoms with Crippen LogP contribution >= 0.6 is 0 Å². The van der Waals surface area contributed by atoms with Crippen molar-refractivity contribution in [3.8, 4) is 33.4 Å². The predicted octanol–water partition coefficient (Wildman–Crippen LogP) is 18.2. The van der Waals surface area contributed by atoms with Gasteiger partial charge in [0.15, 0.2) is 0 Å². The predicted molar refractivity (Wildman–Crippen MR) is 293 cm³/mol. The quantitative estimate of drug-likeness (QED) is 0.154. The van der Waals surface area contributed by atoms with Crippen LogP contribution in [0.2, 0.25) is 0 Å². The van der Waals surface area contributed by atoms with E-state index in [4.69, 9.17) is 0 Å². The van der Waals surface area contributed by atoms with Crippen molar-refractivity contribution in [1.29, 1.82) is 0 Å². The summed E-state index contributed by atoms with van der Waals surface area (Å²) in [7, 11) is 0. The molecule has 13 rings (SSSR count). The Morgan fingerprint density at radius 3 is 1.52 bits per heavy atom. The van der Waals surface area contributed by atoms with E-state index in [1.54, 1.807) is 0 Å². The highest BCUT2D eigenvalue weighted by Crippen LogP contribution is 2.57. The molecule has 332 valence electrons. The Bertz CT molecular complexity index is 3740. The number of anilines is 5. The van der Waals surface area contributed by atoms with Crippen LogP contribution in [-0.2, 0) is 16.2 Å². The highest BCUT2D eigenvalue weighted by atomic mass is 15.2. The molecule has 0 unspecified atom stereocenters. The van der Waals surface area contributed by atoms with Gasteiger partial charge in [-0.05, 0) is 148 Å². The van der Waals surface area contributed by atoms with Gasteiger partial charge in [-0.3, -0.25) is 0 Å². The molecule has 0 fully saturated rings. The normalized spacial score (nSPS) is 15.5. The van der Waals surface area contributed by atoms with Gasteiger partial charge in [-0.15, -0.1) is 0 Å². The maximum absolute atomic E-state index is 2.47. The van der Waals surface area contributed by atoms with Crippen LogP contribution in [0.5, 0.6) is 0 Å². The van der Waals surface area contributed by atoms with Crippen LogP contribution < -0.4 is 9.80 Å². The van der Waals surface area contributed by atoms with Gasteiger partial charge in [-0.1, -0.05) is 199 Å². The monoisotopic (exact) mass is 886 g/mol. The van der Waals surface area contributed by atoms with Crippen LogP contribution in [0.25, 0.3) is 60.5 Å². The van der Waals surface area contributed by atoms with Gasteiger partial charge in [0.2, 0.25) is 0 Å². The van der Waals surface area contributed by atoms with Gasteiger partial charge in [0, 0.05) is 45.2 Å². The third-order valence-corrected chi connectivity index (χ3v) is 16.1. The lowest BCUT2D eigenvalue weighted by molar-refractivity contribution is 0.614. The zero-order valence-corrected chi connectivity index (χ0v) is 40.2. The molecule has 0 N–H and O–H groups in total. The van der Waals surface area contributed by atoms with Crippen LogP contribution in [0.1, 0.15) is 74.9 Å². The highest BCUT2D eigenvalue weighted by molar-refractivity contribution is 6.09. The molecule has 0 saturated carbocycles. The van der Waals surface area contributed by atoms with E-state index >= 15 is 0 Å². The number of hydrogen-bond donors (Lipinski definition) is 0. The molecule has 10 aromatic carbocycles. The molecule has 1 aliphatic carbocycles. The Morgan fingerprint density at radius 2 is 0.826 bits per heavy atom. The van der Waals surface area contributed by atoms with Crippen molar-refractivity contribution in [3.05, 3.63) is 252 Å². The molecule has 2 heteroatoms. The summed E-state index contributed by atoms with van der Waals surface area (Å²) in [5.41, 5.74) is 22.6. The molecule has 0 aromatic heterocycles. The lowest BCUT2D eigenvalue weighted by Crippen LogP contribution is -2.37. The van der Waals surface area contributed by atoms with E-state index in [-0.39, 0.29) is 16.2 Å². The first-order chi connectivity index (χ1) is 33.5. The van der Waals surface area contributed by atoms with E-state index < -0.39 is 0 Å². The van der Waals surface area contributed by atoms with E-state index in [1.165, 1.54) is 105 Å². The van der Waals surface area contributed by atoms with E-state index in [0.717, 1.165) is 17.1 Å². The van der Waals surface area contributed by atoms with Gasteiger partial charge in [-0.25, -0.2) is 0 Å². The number of allylic oxidation sites excluding steroid dienone is 1. The van der Waals surface area contributed by atoms with Gasteiger partial charge in [0.1, 0.15) is 0 Å². The number of benzene rings is 10. The van der Waals surface area contributed by atoms with Crippen molar-refractivity contribution < 1.29 is 0 Å². The summed E-state index contributed by atoms with van der Waals surface area (Å²) in [4.78, 5) is 4.88. The third-order valence-electron chi connectivity index (χ3n) is 16.1. The van der Waals surface area contributed by atoms with Crippen LogP contribution in [0.4, 0.5) is 28.4 Å². The fourth-order valence-corrected chi connectivity index (χ4v) is 12.2. The van der Waals surface area contributed by atoms with Crippen molar-refractivity contribution in [3.63, 3.8) is 0 Å². The number of rotatable bonds is 6. The van der Waals surface area contributed by atoms with Crippen LogP contribution in [0.3, 0.4) is 0 Å². The van der Waals surface area contributed by atoms with Gasteiger partial charge in [-0.2, -0.15) is 0 Å². The van der Waals surface area contributed by atoms with Crippen molar-refractivity contribution in [1.82, 2.24) is 0 Å². The average molecular weight is 887 g/mol. The molecule has 2 nitrogen and oxygen atoms in total. The molecule has 0 radical (unpaired) electrons. The second-order valence-corrected chi connectivity index (χ2v) is 21.0. The summed E-state index contributed by atoms with van der Waals surface area (Å²) in [6.45, 7) is 14.2. The third kappa shape index (κ3) is 6.24. The Hall–Kier alpha value is -7.94. The fourth-order valence-electron chi connectivity index (χ4n) is 12.2. The average Bonchev–Trinajstić information content (AvgIpc) is 3.61. The van der Waals surface area contributed by atoms with Crippen LogP contribution in [-0.4, -0.2) is 0 Å². The number of para-hydroxylation sites is 2. The maximum atomic E-state index is 2.47. The van der Waals surface area contributed by atoms with E-state index in [9.17, 15) is 0 Å². The Balaban J connectivity index is 0.843. The standard InChI is InChI=1S/C67H54N2/c1-65(2)57-18-11-10-17-55(57)56-38-35-52(41-61(56)65)69(50-31-25-44(26-32-50)43-15-8-7-9-16-43)51-33-27-45(28-34-51)46-29-36-53-47(39-46)23-24-48-40-49(30-37-54(48)53)62-42-68-63-22-13-12-19-58(63)66(3,4)59-20-14-21-60(64(59)68)67(62,5)6/h7-42H,1-6H3. The number of fused-ring (bicyclic) bond motifs is 8. The van der Waals surface area contributed by atoms with Gasteiger partial charge in [0.05, 0.1) is 5.69 Å². The lowest BCUT2D eigenvalue weighted by Gasteiger charge is -2.47. The summed E-state index contributed by atoms with van der Waals surface area (Å²) >= 11 is 0. The largest absolute Gasteiger partial charge is 0.316 e. The van der Waals surface area contributed by atoms with Crippen molar-refractivity contribution in [2.24, 2.45) is 0 Å². The van der Waals surface area contributed by atoms with Gasteiger partial charge < -0.3 is 9.80 Å². The molecule has 0 bridgehead atoms. The van der Waals surface area contributed by atoms with Crippen molar-refractivity contribution in [2.75, 3.05) is 9.80 Å². The molecule has 0 spiro atoms. The van der Waals surface area contributed by atoms with Gasteiger partial charge in [0.25, 0.3) is 0 Å². The zero-order valence-electron chi connectivity index (χ0n) is 40.2. The molecule has 2 heterocycles. The lowest BCUT2D eigenvalue weighted by atomic mass is 9.66. The van der Waals surface area contributed by atoms with Crippen molar-refractivity contribution in [2.45, 2.75) is 57.8 Å².